The van der Waals surface area contributed by atoms with E-state index in [9.17, 15) is 15.0 Å². The Morgan fingerprint density at radius 1 is 1.00 bits per heavy atom. The third-order valence-electron chi connectivity index (χ3n) is 5.67. The number of phenols is 2. The number of hydrogen-bond acceptors (Lipinski definition) is 5. The van der Waals surface area contributed by atoms with Crippen LogP contribution in [0.2, 0.25) is 0 Å². The molecule has 1 aliphatic heterocycles. The predicted molar refractivity (Wildman–Crippen MR) is 118 cm³/mol. The number of piperazine rings is 1. The van der Waals surface area contributed by atoms with E-state index in [1.807, 2.05) is 38.1 Å². The van der Waals surface area contributed by atoms with Crippen LogP contribution < -0.4 is 10.9 Å². The first-order valence-electron chi connectivity index (χ1n) is 10.3. The fraction of sp³-hybridized carbons (Fsp3) is 0.348. The van der Waals surface area contributed by atoms with E-state index in [1.54, 1.807) is 6.07 Å². The first-order valence-corrected chi connectivity index (χ1v) is 10.3. The van der Waals surface area contributed by atoms with E-state index in [0.29, 0.717) is 22.4 Å². The maximum Gasteiger partial charge on any atom is 0.272 e. The molecule has 1 fully saturated rings. The predicted octanol–water partition coefficient (Wildman–Crippen LogP) is 2.98. The monoisotopic (exact) mass is 408 g/mol. The zero-order valence-corrected chi connectivity index (χ0v) is 17.3. The lowest BCUT2D eigenvalue weighted by Gasteiger charge is -2.27. The van der Waals surface area contributed by atoms with Gasteiger partial charge in [-0.25, -0.2) is 0 Å². The number of benzene rings is 2. The molecule has 1 saturated heterocycles. The molecule has 30 heavy (non-hydrogen) atoms. The van der Waals surface area contributed by atoms with Gasteiger partial charge in [0.1, 0.15) is 11.5 Å². The summed E-state index contributed by atoms with van der Waals surface area (Å²) in [4.78, 5) is 15.0. The molecule has 0 aliphatic carbocycles. The number of H-pyrrole nitrogens is 2. The minimum absolute atomic E-state index is 0.0444. The van der Waals surface area contributed by atoms with E-state index >= 15 is 0 Å². The molecule has 5 N–H and O–H groups in total. The number of nitrogens with zero attached hydrogens (tertiary/aromatic N) is 1. The lowest BCUT2D eigenvalue weighted by molar-refractivity contribution is 0.233. The summed E-state index contributed by atoms with van der Waals surface area (Å²) in [5, 5.41) is 29.5. The minimum Gasteiger partial charge on any atom is -0.508 e. The molecule has 0 radical (unpaired) electrons. The topological polar surface area (TPSA) is 104 Å². The van der Waals surface area contributed by atoms with E-state index in [0.717, 1.165) is 38.3 Å². The second-order valence-corrected chi connectivity index (χ2v) is 8.14. The molecule has 7 nitrogen and oxygen atoms in total. The normalized spacial score (nSPS) is 15.0. The highest BCUT2D eigenvalue weighted by molar-refractivity contribution is 5.83. The van der Waals surface area contributed by atoms with Crippen molar-refractivity contribution in [2.75, 3.05) is 26.2 Å². The van der Waals surface area contributed by atoms with Gasteiger partial charge in [0.2, 0.25) is 0 Å². The van der Waals surface area contributed by atoms with Crippen molar-refractivity contribution in [3.63, 3.8) is 0 Å². The number of hydrogen-bond donors (Lipinski definition) is 5. The van der Waals surface area contributed by atoms with Crippen molar-refractivity contribution >= 4 is 0 Å². The van der Waals surface area contributed by atoms with E-state index < -0.39 is 0 Å². The highest BCUT2D eigenvalue weighted by Gasteiger charge is 2.20. The summed E-state index contributed by atoms with van der Waals surface area (Å²) < 4.78 is 0. The Hall–Kier alpha value is -3.03. The van der Waals surface area contributed by atoms with Crippen molar-refractivity contribution < 1.29 is 10.2 Å². The van der Waals surface area contributed by atoms with Gasteiger partial charge in [0.15, 0.2) is 0 Å². The van der Waals surface area contributed by atoms with E-state index in [1.165, 1.54) is 11.6 Å². The van der Waals surface area contributed by atoms with Crippen LogP contribution in [0.25, 0.3) is 22.4 Å². The number of aromatic hydroxyl groups is 2. The van der Waals surface area contributed by atoms with Crippen molar-refractivity contribution in [1.29, 1.82) is 0 Å². The Bertz CT molecular complexity index is 1080. The van der Waals surface area contributed by atoms with Gasteiger partial charge in [0.05, 0.1) is 11.3 Å². The average Bonchev–Trinajstić information content (AvgIpc) is 3.10. The first kappa shape index (κ1) is 20.3. The second kappa shape index (κ2) is 8.38. The van der Waals surface area contributed by atoms with E-state index in [2.05, 4.69) is 20.4 Å². The van der Waals surface area contributed by atoms with Gasteiger partial charge in [-0.2, -0.15) is 0 Å². The van der Waals surface area contributed by atoms with Crippen LogP contribution in [-0.2, 0) is 6.54 Å². The van der Waals surface area contributed by atoms with E-state index in [4.69, 9.17) is 0 Å². The van der Waals surface area contributed by atoms with Crippen LogP contribution in [0.5, 0.6) is 11.5 Å². The first-order chi connectivity index (χ1) is 14.4. The van der Waals surface area contributed by atoms with Crippen molar-refractivity contribution in [3.05, 3.63) is 57.9 Å². The van der Waals surface area contributed by atoms with Crippen LogP contribution in [0, 0.1) is 0 Å². The van der Waals surface area contributed by atoms with Crippen molar-refractivity contribution in [3.8, 4) is 33.9 Å². The summed E-state index contributed by atoms with van der Waals surface area (Å²) in [5.74, 6) is 0.0365. The molecule has 2 aromatic carbocycles. The molecule has 4 rings (SSSR count). The smallest absolute Gasteiger partial charge is 0.272 e. The molecule has 0 spiro atoms. The third-order valence-corrected chi connectivity index (χ3v) is 5.67. The maximum atomic E-state index is 12.6. The van der Waals surface area contributed by atoms with Gasteiger partial charge in [-0.05, 0) is 28.7 Å². The molecule has 0 amide bonds. The molecule has 1 aliphatic rings. The molecule has 158 valence electrons. The molecule has 7 heteroatoms. The van der Waals surface area contributed by atoms with Crippen molar-refractivity contribution in [1.82, 2.24) is 20.4 Å². The van der Waals surface area contributed by atoms with Crippen molar-refractivity contribution in [2.45, 2.75) is 26.3 Å². The number of aromatic amines is 2. The van der Waals surface area contributed by atoms with Crippen LogP contribution in [0.1, 0.15) is 30.9 Å². The van der Waals surface area contributed by atoms with Gasteiger partial charge in [-0.15, -0.1) is 0 Å². The van der Waals surface area contributed by atoms with Crippen molar-refractivity contribution in [2.24, 2.45) is 0 Å². The Labute approximate surface area is 175 Å². The Morgan fingerprint density at radius 2 is 1.70 bits per heavy atom. The van der Waals surface area contributed by atoms with Gasteiger partial charge in [-0.1, -0.05) is 38.1 Å². The van der Waals surface area contributed by atoms with Gasteiger partial charge < -0.3 is 15.5 Å². The summed E-state index contributed by atoms with van der Waals surface area (Å²) in [7, 11) is 0. The summed E-state index contributed by atoms with van der Waals surface area (Å²) in [5.41, 5.74) is 3.89. The Balaban J connectivity index is 1.68. The largest absolute Gasteiger partial charge is 0.508 e. The summed E-state index contributed by atoms with van der Waals surface area (Å²) in [6.07, 6.45) is 0. The zero-order chi connectivity index (χ0) is 21.3. The van der Waals surface area contributed by atoms with Gasteiger partial charge in [0.25, 0.3) is 5.56 Å². The number of phenolic OH excluding ortho intramolecular Hbond substituents is 2. The highest BCUT2D eigenvalue weighted by atomic mass is 16.3. The standard InChI is InChI=1S/C23H28N4O3/c1-14(2)17-11-18(20(29)12-19(17)28)22-21(23(30)26-25-22)16-5-3-15(4-6-16)13-27-9-7-24-8-10-27/h3-6,11-12,14,24,28-29H,7-10,13H2,1-2H3,(H2,25,26,30). The third kappa shape index (κ3) is 3.99. The summed E-state index contributed by atoms with van der Waals surface area (Å²) in [6.45, 7) is 8.89. The lowest BCUT2D eigenvalue weighted by Crippen LogP contribution is -2.42. The second-order valence-electron chi connectivity index (χ2n) is 8.14. The molecule has 3 aromatic rings. The quantitative estimate of drug-likeness (QED) is 0.446. The molecule has 0 atom stereocenters. The zero-order valence-electron chi connectivity index (χ0n) is 17.3. The van der Waals surface area contributed by atoms with Crippen LogP contribution in [0.4, 0.5) is 0 Å². The molecule has 1 aromatic heterocycles. The van der Waals surface area contributed by atoms with Gasteiger partial charge in [0, 0.05) is 44.4 Å². The number of rotatable bonds is 5. The Morgan fingerprint density at radius 3 is 2.37 bits per heavy atom. The summed E-state index contributed by atoms with van der Waals surface area (Å²) >= 11 is 0. The minimum atomic E-state index is -0.251. The molecule has 0 saturated carbocycles. The Kier molecular flexibility index (Phi) is 5.65. The van der Waals surface area contributed by atoms with Crippen LogP contribution in [0.15, 0.2) is 41.2 Å². The molecule has 0 unspecified atom stereocenters. The molecule has 2 heterocycles. The fourth-order valence-corrected chi connectivity index (χ4v) is 4.00. The van der Waals surface area contributed by atoms with Crippen LogP contribution in [0.3, 0.4) is 0 Å². The van der Waals surface area contributed by atoms with E-state index in [-0.39, 0.29) is 23.0 Å². The molecule has 0 bridgehead atoms. The average molecular weight is 409 g/mol. The molecular formula is C23H28N4O3. The lowest BCUT2D eigenvalue weighted by atomic mass is 9.94. The highest BCUT2D eigenvalue weighted by Crippen LogP contribution is 2.39. The molecular weight excluding hydrogens is 380 g/mol. The van der Waals surface area contributed by atoms with Gasteiger partial charge >= 0.3 is 0 Å². The van der Waals surface area contributed by atoms with Crippen LogP contribution in [-0.4, -0.2) is 51.5 Å². The number of aromatic nitrogens is 2. The maximum absolute atomic E-state index is 12.6. The number of nitrogens with one attached hydrogen (secondary N) is 3. The van der Waals surface area contributed by atoms with Crippen LogP contribution >= 0.6 is 0 Å². The summed E-state index contributed by atoms with van der Waals surface area (Å²) in [6, 6.07) is 11.0. The van der Waals surface area contributed by atoms with Gasteiger partial charge in [-0.3, -0.25) is 19.9 Å². The fourth-order valence-electron chi connectivity index (χ4n) is 4.00. The SMILES string of the molecule is CC(C)c1cc(-c2[nH][nH]c(=O)c2-c2ccc(CN3CCNCC3)cc2)c(O)cc1O.